The number of carbonyl (C=O) groups is 1. The Kier molecular flexibility index (Phi) is 6.55. The molecule has 0 aromatic carbocycles. The SMILES string of the molecule is COCCNCCNC(=O)CN1CCCS1(=O)=O. The molecule has 8 heteroatoms. The van der Waals surface area contributed by atoms with Crippen LogP contribution in [0.3, 0.4) is 0 Å². The molecule has 0 radical (unpaired) electrons. The van der Waals surface area contributed by atoms with Crippen molar-refractivity contribution in [3.8, 4) is 0 Å². The van der Waals surface area contributed by atoms with Gasteiger partial charge in [0.05, 0.1) is 18.9 Å². The smallest absolute Gasteiger partial charge is 0.235 e. The van der Waals surface area contributed by atoms with Crippen LogP contribution in [0, 0.1) is 0 Å². The average molecular weight is 279 g/mol. The van der Waals surface area contributed by atoms with Crippen molar-refractivity contribution in [2.24, 2.45) is 0 Å². The lowest BCUT2D eigenvalue weighted by Gasteiger charge is -2.13. The van der Waals surface area contributed by atoms with Gasteiger partial charge in [0.25, 0.3) is 0 Å². The predicted molar refractivity (Wildman–Crippen MR) is 67.7 cm³/mol. The maximum atomic E-state index is 11.5. The van der Waals surface area contributed by atoms with E-state index in [-0.39, 0.29) is 18.2 Å². The van der Waals surface area contributed by atoms with Crippen LogP contribution in [0.15, 0.2) is 0 Å². The topological polar surface area (TPSA) is 87.7 Å². The second-order valence-electron chi connectivity index (χ2n) is 4.10. The summed E-state index contributed by atoms with van der Waals surface area (Å²) in [7, 11) is -1.56. The number of methoxy groups -OCH3 is 1. The third kappa shape index (κ3) is 5.30. The molecular weight excluding hydrogens is 258 g/mol. The highest BCUT2D eigenvalue weighted by Crippen LogP contribution is 2.11. The van der Waals surface area contributed by atoms with E-state index >= 15 is 0 Å². The van der Waals surface area contributed by atoms with Gasteiger partial charge in [0.1, 0.15) is 0 Å². The van der Waals surface area contributed by atoms with Crippen LogP contribution in [-0.2, 0) is 19.6 Å². The maximum Gasteiger partial charge on any atom is 0.235 e. The van der Waals surface area contributed by atoms with E-state index in [2.05, 4.69) is 10.6 Å². The van der Waals surface area contributed by atoms with Crippen LogP contribution in [0.1, 0.15) is 6.42 Å². The Labute approximate surface area is 108 Å². The van der Waals surface area contributed by atoms with Crippen LogP contribution in [-0.4, -0.2) is 70.8 Å². The molecule has 1 heterocycles. The van der Waals surface area contributed by atoms with Gasteiger partial charge in [0.15, 0.2) is 0 Å². The first-order valence-electron chi connectivity index (χ1n) is 6.00. The molecule has 1 aliphatic rings. The second-order valence-corrected chi connectivity index (χ2v) is 6.18. The van der Waals surface area contributed by atoms with E-state index in [0.29, 0.717) is 32.7 Å². The van der Waals surface area contributed by atoms with Crippen molar-refractivity contribution in [1.82, 2.24) is 14.9 Å². The lowest BCUT2D eigenvalue weighted by molar-refractivity contribution is -0.121. The minimum absolute atomic E-state index is 0.0690. The molecule has 1 rings (SSSR count). The van der Waals surface area contributed by atoms with E-state index in [9.17, 15) is 13.2 Å². The first-order chi connectivity index (χ1) is 8.56. The molecule has 0 aromatic heterocycles. The normalized spacial score (nSPS) is 18.9. The zero-order valence-electron chi connectivity index (χ0n) is 10.6. The fourth-order valence-corrected chi connectivity index (χ4v) is 3.15. The first-order valence-corrected chi connectivity index (χ1v) is 7.61. The third-order valence-electron chi connectivity index (χ3n) is 2.63. The molecule has 0 aliphatic carbocycles. The summed E-state index contributed by atoms with van der Waals surface area (Å²) in [5.74, 6) is -0.104. The molecule has 1 aliphatic heterocycles. The average Bonchev–Trinajstić information content (AvgIpc) is 2.63. The molecule has 0 saturated carbocycles. The van der Waals surface area contributed by atoms with E-state index in [4.69, 9.17) is 4.74 Å². The van der Waals surface area contributed by atoms with Crippen molar-refractivity contribution in [3.63, 3.8) is 0 Å². The number of carbonyl (C=O) groups excluding carboxylic acids is 1. The molecule has 0 spiro atoms. The highest BCUT2D eigenvalue weighted by Gasteiger charge is 2.29. The lowest BCUT2D eigenvalue weighted by atomic mass is 10.4. The van der Waals surface area contributed by atoms with Crippen molar-refractivity contribution in [2.45, 2.75) is 6.42 Å². The summed E-state index contributed by atoms with van der Waals surface area (Å²) in [5, 5.41) is 5.76. The fourth-order valence-electron chi connectivity index (χ4n) is 1.67. The van der Waals surface area contributed by atoms with Gasteiger partial charge < -0.3 is 15.4 Å². The molecular formula is C10H21N3O4S. The minimum Gasteiger partial charge on any atom is -0.383 e. The minimum atomic E-state index is -3.18. The number of amides is 1. The molecule has 1 fully saturated rings. The van der Waals surface area contributed by atoms with E-state index in [1.54, 1.807) is 7.11 Å². The molecule has 2 N–H and O–H groups in total. The number of hydrogen-bond acceptors (Lipinski definition) is 5. The van der Waals surface area contributed by atoms with Crippen LogP contribution in [0.4, 0.5) is 0 Å². The maximum absolute atomic E-state index is 11.5. The summed E-state index contributed by atoms with van der Waals surface area (Å²) >= 11 is 0. The number of hydrogen-bond donors (Lipinski definition) is 2. The summed E-state index contributed by atoms with van der Waals surface area (Å²) in [4.78, 5) is 11.5. The van der Waals surface area contributed by atoms with Gasteiger partial charge in [-0.1, -0.05) is 0 Å². The number of nitrogens with one attached hydrogen (secondary N) is 2. The van der Waals surface area contributed by atoms with Gasteiger partial charge in [0, 0.05) is 33.3 Å². The van der Waals surface area contributed by atoms with Gasteiger partial charge >= 0.3 is 0 Å². The molecule has 0 bridgehead atoms. The van der Waals surface area contributed by atoms with E-state index in [1.165, 1.54) is 4.31 Å². The Hall–Kier alpha value is -0.700. The van der Waals surface area contributed by atoms with Crippen LogP contribution >= 0.6 is 0 Å². The van der Waals surface area contributed by atoms with Crippen LogP contribution in [0.2, 0.25) is 0 Å². The van der Waals surface area contributed by atoms with Gasteiger partial charge in [-0.05, 0) is 6.42 Å². The highest BCUT2D eigenvalue weighted by molar-refractivity contribution is 7.89. The molecule has 18 heavy (non-hydrogen) atoms. The Morgan fingerprint density at radius 2 is 2.11 bits per heavy atom. The Morgan fingerprint density at radius 1 is 1.33 bits per heavy atom. The van der Waals surface area contributed by atoms with Gasteiger partial charge in [-0.15, -0.1) is 0 Å². The molecule has 7 nitrogen and oxygen atoms in total. The van der Waals surface area contributed by atoms with Crippen LogP contribution < -0.4 is 10.6 Å². The third-order valence-corrected chi connectivity index (χ3v) is 4.53. The standard InChI is InChI=1S/C10H21N3O4S/c1-17-7-5-11-3-4-12-10(14)9-13-6-2-8-18(13,15)16/h11H,2-9H2,1H3,(H,12,14). The summed E-state index contributed by atoms with van der Waals surface area (Å²) in [6.07, 6.45) is 0.605. The lowest BCUT2D eigenvalue weighted by Crippen LogP contribution is -2.40. The highest BCUT2D eigenvalue weighted by atomic mass is 32.2. The summed E-state index contributed by atoms with van der Waals surface area (Å²) in [6, 6.07) is 0. The number of rotatable bonds is 8. The predicted octanol–water partition coefficient (Wildman–Crippen LogP) is -1.63. The summed E-state index contributed by atoms with van der Waals surface area (Å²) < 4.78 is 29.0. The van der Waals surface area contributed by atoms with Crippen molar-refractivity contribution in [2.75, 3.05) is 52.2 Å². The van der Waals surface area contributed by atoms with E-state index in [0.717, 1.165) is 6.54 Å². The van der Waals surface area contributed by atoms with Crippen molar-refractivity contribution >= 4 is 15.9 Å². The van der Waals surface area contributed by atoms with Crippen LogP contribution in [0.25, 0.3) is 0 Å². The van der Waals surface area contributed by atoms with E-state index < -0.39 is 10.0 Å². The monoisotopic (exact) mass is 279 g/mol. The molecule has 1 saturated heterocycles. The van der Waals surface area contributed by atoms with E-state index in [1.807, 2.05) is 0 Å². The van der Waals surface area contributed by atoms with Crippen LogP contribution in [0.5, 0.6) is 0 Å². The molecule has 0 aromatic rings. The fraction of sp³-hybridized carbons (Fsp3) is 0.900. The zero-order valence-corrected chi connectivity index (χ0v) is 11.5. The Balaban J connectivity index is 2.11. The number of sulfonamides is 1. The molecule has 1 amide bonds. The Morgan fingerprint density at radius 3 is 2.72 bits per heavy atom. The summed E-state index contributed by atoms with van der Waals surface area (Å²) in [6.45, 7) is 2.85. The van der Waals surface area contributed by atoms with Gasteiger partial charge in [-0.25, -0.2) is 8.42 Å². The quantitative estimate of drug-likeness (QED) is 0.521. The van der Waals surface area contributed by atoms with Crippen molar-refractivity contribution in [1.29, 1.82) is 0 Å². The number of nitrogens with zero attached hydrogens (tertiary/aromatic N) is 1. The first kappa shape index (κ1) is 15.4. The second kappa shape index (κ2) is 7.67. The van der Waals surface area contributed by atoms with Crippen molar-refractivity contribution in [3.05, 3.63) is 0 Å². The summed E-state index contributed by atoms with van der Waals surface area (Å²) in [5.41, 5.74) is 0. The molecule has 0 unspecified atom stereocenters. The van der Waals surface area contributed by atoms with Gasteiger partial charge in [-0.2, -0.15) is 4.31 Å². The number of ether oxygens (including phenoxy) is 1. The van der Waals surface area contributed by atoms with Gasteiger partial charge in [-0.3, -0.25) is 4.79 Å². The largest absolute Gasteiger partial charge is 0.383 e. The Bertz CT molecular complexity index is 358. The molecule has 106 valence electrons. The van der Waals surface area contributed by atoms with Crippen molar-refractivity contribution < 1.29 is 17.9 Å². The zero-order chi connectivity index (χ0) is 13.4. The van der Waals surface area contributed by atoms with Gasteiger partial charge in [0.2, 0.25) is 15.9 Å². The molecule has 0 atom stereocenters.